The number of carbonyl (C=O) groups excluding carboxylic acids is 2. The first-order chi connectivity index (χ1) is 23.1. The van der Waals surface area contributed by atoms with Gasteiger partial charge in [-0.1, -0.05) is 49.6 Å². The molecule has 2 saturated carbocycles. The Morgan fingerprint density at radius 1 is 1.17 bits per heavy atom. The van der Waals surface area contributed by atoms with Crippen LogP contribution < -0.4 is 10.2 Å². The maximum atomic E-state index is 14.4. The molecule has 3 aliphatic carbocycles. The van der Waals surface area contributed by atoms with Gasteiger partial charge in [-0.25, -0.2) is 4.21 Å². The van der Waals surface area contributed by atoms with Crippen molar-refractivity contribution in [2.75, 3.05) is 48.5 Å². The number of nitrogens with zero attached hydrogens (tertiary/aromatic N) is 2. The van der Waals surface area contributed by atoms with Gasteiger partial charge >= 0.3 is 0 Å². The highest BCUT2D eigenvalue weighted by Crippen LogP contribution is 2.46. The molecule has 2 aliphatic heterocycles. The average molecular weight is 692 g/mol. The number of ketones is 1. The summed E-state index contributed by atoms with van der Waals surface area (Å²) in [6, 6.07) is 12.1. The normalized spacial score (nSPS) is 32.6. The van der Waals surface area contributed by atoms with Crippen LogP contribution in [-0.4, -0.2) is 60.3 Å². The number of Topliss-reactive ketones (excluding diaryl/α,β-unsaturated/α-hetero) is 1. The minimum Gasteiger partial charge on any atom is -0.382 e. The standard InChI is InChI=1S/C39H50ClN3O4S/c1-26-5-3-7-37(47-2)33-15-11-30(33)21-43-25-39(18-4-6-28-19-31(40)13-16-34(28)39)24-41-35-17-12-29(20-36(35)43)38(45)42-48(46,22-26)23-32(44)14-10-27-8-9-27/h3,7,12-13,16-17,19-20,26-27,30,33,37,41H,4-6,8-11,14-15,18,21-25H2,1-2H3/b7-3+/t26-,30-,33+,37-,39+,48+/m0/s1. The van der Waals surface area contributed by atoms with E-state index in [-0.39, 0.29) is 34.7 Å². The van der Waals surface area contributed by atoms with Gasteiger partial charge in [0.25, 0.3) is 5.91 Å². The van der Waals surface area contributed by atoms with E-state index in [1.54, 1.807) is 13.2 Å². The second-order valence-electron chi connectivity index (χ2n) is 15.4. The molecule has 7 rings (SSSR count). The molecule has 5 aliphatic rings. The first-order valence-electron chi connectivity index (χ1n) is 18.0. The average Bonchev–Trinajstić information content (AvgIpc) is 3.88. The number of amides is 1. The highest BCUT2D eigenvalue weighted by atomic mass is 35.5. The molecule has 1 N–H and O–H groups in total. The van der Waals surface area contributed by atoms with Crippen molar-refractivity contribution in [3.05, 3.63) is 70.3 Å². The Balaban J connectivity index is 1.28. The van der Waals surface area contributed by atoms with E-state index >= 15 is 0 Å². The largest absolute Gasteiger partial charge is 0.382 e. The molecule has 9 heteroatoms. The summed E-state index contributed by atoms with van der Waals surface area (Å²) >= 11 is 6.47. The third-order valence-electron chi connectivity index (χ3n) is 11.6. The zero-order valence-corrected chi connectivity index (χ0v) is 30.0. The second kappa shape index (κ2) is 13.9. The zero-order chi connectivity index (χ0) is 33.5. The van der Waals surface area contributed by atoms with Gasteiger partial charge in [-0.05, 0) is 110 Å². The molecule has 2 fully saturated rings. The van der Waals surface area contributed by atoms with E-state index in [4.69, 9.17) is 16.3 Å². The molecule has 0 radical (unpaired) electrons. The summed E-state index contributed by atoms with van der Waals surface area (Å²) in [7, 11) is -1.30. The Hall–Kier alpha value is -2.68. The first kappa shape index (κ1) is 33.8. The minimum absolute atomic E-state index is 0.000287. The molecule has 0 aromatic heterocycles. The van der Waals surface area contributed by atoms with Crippen LogP contribution in [0, 0.1) is 23.7 Å². The van der Waals surface area contributed by atoms with Gasteiger partial charge < -0.3 is 15.0 Å². The smallest absolute Gasteiger partial charge is 0.285 e. The van der Waals surface area contributed by atoms with Crippen molar-refractivity contribution >= 4 is 44.4 Å². The van der Waals surface area contributed by atoms with Crippen LogP contribution in [0.15, 0.2) is 52.9 Å². The molecule has 2 heterocycles. The van der Waals surface area contributed by atoms with Crippen LogP contribution in [0.1, 0.15) is 86.2 Å². The Morgan fingerprint density at radius 3 is 2.79 bits per heavy atom. The number of allylic oxidation sites excluding steroid dienone is 1. The summed E-state index contributed by atoms with van der Waals surface area (Å²) in [5.74, 6) is 0.978. The number of ether oxygens (including phenoxy) is 1. The summed E-state index contributed by atoms with van der Waals surface area (Å²) in [6.07, 6.45) is 14.1. The fourth-order valence-electron chi connectivity index (χ4n) is 8.71. The number of hydrogen-bond donors (Lipinski definition) is 1. The van der Waals surface area contributed by atoms with Crippen LogP contribution in [0.5, 0.6) is 0 Å². The molecule has 0 saturated heterocycles. The molecule has 6 atom stereocenters. The summed E-state index contributed by atoms with van der Waals surface area (Å²) in [6.45, 7) is 4.50. The summed E-state index contributed by atoms with van der Waals surface area (Å²) in [4.78, 5) is 29.5. The van der Waals surface area contributed by atoms with Gasteiger partial charge in [0.2, 0.25) is 0 Å². The number of fused-ring (bicyclic) bond motifs is 4. The number of halogens is 1. The highest BCUT2D eigenvalue weighted by Gasteiger charge is 2.43. The molecule has 7 nitrogen and oxygen atoms in total. The molecular formula is C39H50ClN3O4S. The summed E-state index contributed by atoms with van der Waals surface area (Å²) < 4.78 is 24.9. The van der Waals surface area contributed by atoms with Gasteiger partial charge in [-0.3, -0.25) is 9.59 Å². The molecular weight excluding hydrogens is 642 g/mol. The SMILES string of the molecule is CO[C@H]1/C=C/C[C@H](C)C[S@@](=O)(CC(=O)CCC2CC2)=NC(=O)c2ccc3c(c2)N(C[C@@H]2CC[C@H]21)C[C@@]1(CCCc2cc(Cl)ccc21)CN3. The van der Waals surface area contributed by atoms with Gasteiger partial charge in [0.05, 0.1) is 33.0 Å². The monoisotopic (exact) mass is 691 g/mol. The fourth-order valence-corrected chi connectivity index (χ4v) is 11.2. The number of nitrogens with one attached hydrogen (secondary N) is 1. The third-order valence-corrected chi connectivity index (χ3v) is 14.2. The maximum Gasteiger partial charge on any atom is 0.285 e. The van der Waals surface area contributed by atoms with Crippen LogP contribution >= 0.6 is 11.6 Å². The quantitative estimate of drug-likeness (QED) is 0.311. The topological polar surface area (TPSA) is 88.1 Å². The predicted octanol–water partition coefficient (Wildman–Crippen LogP) is 7.85. The number of benzene rings is 2. The van der Waals surface area contributed by atoms with Gasteiger partial charge in [-0.2, -0.15) is 4.36 Å². The maximum absolute atomic E-state index is 14.4. The van der Waals surface area contributed by atoms with E-state index in [1.807, 2.05) is 25.1 Å². The van der Waals surface area contributed by atoms with Crippen LogP contribution in [0.3, 0.4) is 0 Å². The van der Waals surface area contributed by atoms with Crippen LogP contribution in [0.2, 0.25) is 5.02 Å². The lowest BCUT2D eigenvalue weighted by Crippen LogP contribution is -2.49. The summed E-state index contributed by atoms with van der Waals surface area (Å²) in [5, 5.41) is 4.56. The van der Waals surface area contributed by atoms with E-state index in [9.17, 15) is 13.8 Å². The number of aryl methyl sites for hydroxylation is 1. The van der Waals surface area contributed by atoms with E-state index in [1.165, 1.54) is 24.0 Å². The molecule has 2 aromatic carbocycles. The number of carbonyl (C=O) groups is 2. The molecule has 48 heavy (non-hydrogen) atoms. The van der Waals surface area contributed by atoms with E-state index in [2.05, 4.69) is 38.9 Å². The van der Waals surface area contributed by atoms with Crippen molar-refractivity contribution in [3.8, 4) is 0 Å². The lowest BCUT2D eigenvalue weighted by Gasteiger charge is -2.46. The van der Waals surface area contributed by atoms with Gasteiger partial charge in [-0.15, -0.1) is 0 Å². The van der Waals surface area contributed by atoms with Crippen LogP contribution in [0.4, 0.5) is 11.4 Å². The van der Waals surface area contributed by atoms with Gasteiger partial charge in [0.1, 0.15) is 5.78 Å². The highest BCUT2D eigenvalue weighted by molar-refractivity contribution is 7.94. The van der Waals surface area contributed by atoms with Crippen molar-refractivity contribution in [3.63, 3.8) is 0 Å². The lowest BCUT2D eigenvalue weighted by molar-refractivity contribution is -0.116. The second-order valence-corrected chi connectivity index (χ2v) is 18.2. The van der Waals surface area contributed by atoms with Gasteiger partial charge in [0, 0.05) is 54.9 Å². The predicted molar refractivity (Wildman–Crippen MR) is 195 cm³/mol. The number of rotatable bonds is 6. The Labute approximate surface area is 291 Å². The first-order valence-corrected chi connectivity index (χ1v) is 20.3. The van der Waals surface area contributed by atoms with Crippen LogP contribution in [-0.2, 0) is 31.1 Å². The Morgan fingerprint density at radius 2 is 2.02 bits per heavy atom. The van der Waals surface area contributed by atoms with Crippen molar-refractivity contribution < 1.29 is 18.5 Å². The third kappa shape index (κ3) is 7.27. The van der Waals surface area contributed by atoms with E-state index in [0.29, 0.717) is 36.2 Å². The number of hydrogen-bond acceptors (Lipinski definition) is 6. The van der Waals surface area contributed by atoms with Crippen LogP contribution in [0.25, 0.3) is 0 Å². The minimum atomic E-state index is -3.10. The van der Waals surface area contributed by atoms with Crippen molar-refractivity contribution in [2.24, 2.45) is 28.0 Å². The lowest BCUT2D eigenvalue weighted by atomic mass is 9.68. The van der Waals surface area contributed by atoms with Gasteiger partial charge in [0.15, 0.2) is 0 Å². The van der Waals surface area contributed by atoms with E-state index < -0.39 is 15.6 Å². The molecule has 258 valence electrons. The zero-order valence-electron chi connectivity index (χ0n) is 28.4. The van der Waals surface area contributed by atoms with Crippen molar-refractivity contribution in [2.45, 2.75) is 82.7 Å². The number of anilines is 2. The Kier molecular flexibility index (Phi) is 9.80. The van der Waals surface area contributed by atoms with E-state index in [0.717, 1.165) is 74.6 Å². The Bertz CT molecular complexity index is 1710. The fraction of sp³-hybridized carbons (Fsp3) is 0.590. The summed E-state index contributed by atoms with van der Waals surface area (Å²) in [5.41, 5.74) is 4.97. The van der Waals surface area contributed by atoms with Crippen molar-refractivity contribution in [1.82, 2.24) is 0 Å². The molecule has 0 unspecified atom stereocenters. The van der Waals surface area contributed by atoms with Crippen molar-refractivity contribution in [1.29, 1.82) is 0 Å². The molecule has 1 amide bonds. The number of methoxy groups -OCH3 is 1. The molecule has 2 bridgehead atoms. The molecule has 1 spiro atoms. The molecule has 2 aromatic rings.